The summed E-state index contributed by atoms with van der Waals surface area (Å²) in [6.07, 6.45) is 6.87. The summed E-state index contributed by atoms with van der Waals surface area (Å²) in [4.78, 5) is 25.6. The average molecular weight is 316 g/mol. The summed E-state index contributed by atoms with van der Waals surface area (Å²) in [6.45, 7) is 2.85. The van der Waals surface area contributed by atoms with Crippen LogP contribution in [0.5, 0.6) is 0 Å². The summed E-state index contributed by atoms with van der Waals surface area (Å²) in [7, 11) is 0. The van der Waals surface area contributed by atoms with Crippen LogP contribution in [0.3, 0.4) is 0 Å². The Labute approximate surface area is 139 Å². The molecule has 0 atom stereocenters. The van der Waals surface area contributed by atoms with Crippen molar-refractivity contribution in [3.63, 3.8) is 0 Å². The minimum atomic E-state index is 0.0438. The minimum absolute atomic E-state index is 0.0438. The van der Waals surface area contributed by atoms with Crippen LogP contribution in [0.2, 0.25) is 0 Å². The average Bonchev–Trinajstić information content (AvgIpc) is 3.06. The van der Waals surface area contributed by atoms with Crippen molar-refractivity contribution >= 4 is 11.8 Å². The van der Waals surface area contributed by atoms with Crippen LogP contribution < -0.4 is 5.32 Å². The quantitative estimate of drug-likeness (QED) is 0.750. The van der Waals surface area contributed by atoms with Crippen LogP contribution in [0.15, 0.2) is 30.3 Å². The molecule has 1 aliphatic carbocycles. The third kappa shape index (κ3) is 6.05. The van der Waals surface area contributed by atoms with Gasteiger partial charge in [0.2, 0.25) is 11.8 Å². The number of benzene rings is 1. The molecule has 0 unspecified atom stereocenters. The molecule has 0 radical (unpaired) electrons. The summed E-state index contributed by atoms with van der Waals surface area (Å²) in [5.41, 5.74) is 1.30. The first-order chi connectivity index (χ1) is 11.2. The Balaban J connectivity index is 1.63. The normalized spacial score (nSPS) is 14.7. The summed E-state index contributed by atoms with van der Waals surface area (Å²) < 4.78 is 0. The molecule has 1 aromatic carbocycles. The lowest BCUT2D eigenvalue weighted by molar-refractivity contribution is -0.131. The Kier molecular flexibility index (Phi) is 7.11. The van der Waals surface area contributed by atoms with Crippen molar-refractivity contribution in [2.24, 2.45) is 0 Å². The van der Waals surface area contributed by atoms with E-state index in [4.69, 9.17) is 0 Å². The molecule has 0 spiro atoms. The first-order valence-electron chi connectivity index (χ1n) is 8.74. The predicted molar refractivity (Wildman–Crippen MR) is 92.0 cm³/mol. The molecule has 0 heterocycles. The Hall–Kier alpha value is -1.84. The summed E-state index contributed by atoms with van der Waals surface area (Å²) in [6, 6.07) is 10.6. The van der Waals surface area contributed by atoms with E-state index in [1.54, 1.807) is 6.92 Å². The summed E-state index contributed by atoms with van der Waals surface area (Å²) in [5.74, 6) is 0.135. The second-order valence-electron chi connectivity index (χ2n) is 6.34. The highest BCUT2D eigenvalue weighted by Crippen LogP contribution is 2.23. The number of amides is 2. The molecular formula is C19H28N2O2. The molecule has 126 valence electrons. The van der Waals surface area contributed by atoms with Crippen molar-refractivity contribution in [3.8, 4) is 0 Å². The molecule has 0 saturated heterocycles. The van der Waals surface area contributed by atoms with Crippen LogP contribution >= 0.6 is 0 Å². The fourth-order valence-corrected chi connectivity index (χ4v) is 3.29. The van der Waals surface area contributed by atoms with Gasteiger partial charge in [-0.1, -0.05) is 43.2 Å². The second kappa shape index (κ2) is 9.33. The van der Waals surface area contributed by atoms with Gasteiger partial charge >= 0.3 is 0 Å². The van der Waals surface area contributed by atoms with Gasteiger partial charge in [0, 0.05) is 32.5 Å². The maximum atomic E-state index is 11.9. The molecule has 2 rings (SSSR count). The number of rotatable bonds is 8. The Morgan fingerprint density at radius 2 is 1.87 bits per heavy atom. The highest BCUT2D eigenvalue weighted by atomic mass is 16.2. The van der Waals surface area contributed by atoms with Gasteiger partial charge in [0.05, 0.1) is 0 Å². The maximum absolute atomic E-state index is 11.9. The van der Waals surface area contributed by atoms with Crippen LogP contribution in [0.4, 0.5) is 0 Å². The molecule has 0 aliphatic heterocycles. The van der Waals surface area contributed by atoms with E-state index in [1.807, 2.05) is 23.1 Å². The lowest BCUT2D eigenvalue weighted by atomic mass is 10.1. The van der Waals surface area contributed by atoms with Crippen molar-refractivity contribution in [1.29, 1.82) is 0 Å². The number of nitrogens with zero attached hydrogens (tertiary/aromatic N) is 1. The van der Waals surface area contributed by atoms with Gasteiger partial charge in [0.1, 0.15) is 0 Å². The summed E-state index contributed by atoms with van der Waals surface area (Å²) >= 11 is 0. The van der Waals surface area contributed by atoms with E-state index in [1.165, 1.54) is 18.4 Å². The fraction of sp³-hybridized carbons (Fsp3) is 0.579. The van der Waals surface area contributed by atoms with E-state index in [0.717, 1.165) is 25.7 Å². The van der Waals surface area contributed by atoms with E-state index in [2.05, 4.69) is 17.4 Å². The highest BCUT2D eigenvalue weighted by Gasteiger charge is 2.24. The number of hydrogen-bond acceptors (Lipinski definition) is 2. The lowest BCUT2D eigenvalue weighted by Gasteiger charge is -2.27. The van der Waals surface area contributed by atoms with Gasteiger partial charge in [-0.05, 0) is 31.2 Å². The molecular weight excluding hydrogens is 288 g/mol. The van der Waals surface area contributed by atoms with Crippen molar-refractivity contribution < 1.29 is 9.59 Å². The lowest BCUT2D eigenvalue weighted by Crippen LogP contribution is -2.40. The van der Waals surface area contributed by atoms with Crippen molar-refractivity contribution in [2.75, 3.05) is 13.1 Å². The number of carbonyl (C=O) groups is 2. The van der Waals surface area contributed by atoms with Crippen molar-refractivity contribution in [3.05, 3.63) is 35.9 Å². The molecule has 1 saturated carbocycles. The van der Waals surface area contributed by atoms with E-state index in [0.29, 0.717) is 25.6 Å². The van der Waals surface area contributed by atoms with Crippen LogP contribution in [0.1, 0.15) is 51.0 Å². The molecule has 2 amide bonds. The van der Waals surface area contributed by atoms with E-state index < -0.39 is 0 Å². The Morgan fingerprint density at radius 1 is 1.17 bits per heavy atom. The standard InChI is InChI=1S/C19H28N2O2/c1-16(22)21(18-11-5-6-12-18)15-13-19(23)20-14-7-10-17-8-3-2-4-9-17/h2-4,8-9,18H,5-7,10-15H2,1H3,(H,20,23). The third-order valence-electron chi connectivity index (χ3n) is 4.56. The van der Waals surface area contributed by atoms with Crippen LogP contribution in [-0.4, -0.2) is 35.8 Å². The molecule has 1 aliphatic rings. The molecule has 4 nitrogen and oxygen atoms in total. The van der Waals surface area contributed by atoms with Crippen LogP contribution in [0.25, 0.3) is 0 Å². The van der Waals surface area contributed by atoms with E-state index in [9.17, 15) is 9.59 Å². The van der Waals surface area contributed by atoms with Gasteiger partial charge in [-0.3, -0.25) is 9.59 Å². The topological polar surface area (TPSA) is 49.4 Å². The zero-order valence-corrected chi connectivity index (χ0v) is 14.1. The zero-order valence-electron chi connectivity index (χ0n) is 14.1. The SMILES string of the molecule is CC(=O)N(CCC(=O)NCCCc1ccccc1)C1CCCC1. The number of aryl methyl sites for hydroxylation is 1. The predicted octanol–water partition coefficient (Wildman–Crippen LogP) is 2.92. The molecule has 0 aromatic heterocycles. The number of carbonyl (C=O) groups excluding carboxylic acids is 2. The van der Waals surface area contributed by atoms with E-state index in [-0.39, 0.29) is 11.8 Å². The monoisotopic (exact) mass is 316 g/mol. The fourth-order valence-electron chi connectivity index (χ4n) is 3.29. The Morgan fingerprint density at radius 3 is 2.52 bits per heavy atom. The van der Waals surface area contributed by atoms with Gasteiger partial charge < -0.3 is 10.2 Å². The van der Waals surface area contributed by atoms with Crippen molar-refractivity contribution in [2.45, 2.75) is 57.9 Å². The first kappa shape index (κ1) is 17.5. The van der Waals surface area contributed by atoms with Gasteiger partial charge in [-0.15, -0.1) is 0 Å². The second-order valence-corrected chi connectivity index (χ2v) is 6.34. The maximum Gasteiger partial charge on any atom is 0.221 e. The zero-order chi connectivity index (χ0) is 16.5. The largest absolute Gasteiger partial charge is 0.356 e. The summed E-state index contributed by atoms with van der Waals surface area (Å²) in [5, 5.41) is 2.96. The van der Waals surface area contributed by atoms with Crippen LogP contribution in [0, 0.1) is 0 Å². The Bertz CT molecular complexity index is 495. The highest BCUT2D eigenvalue weighted by molar-refractivity contribution is 5.78. The minimum Gasteiger partial charge on any atom is -0.356 e. The van der Waals surface area contributed by atoms with E-state index >= 15 is 0 Å². The van der Waals surface area contributed by atoms with Gasteiger partial charge in [0.15, 0.2) is 0 Å². The van der Waals surface area contributed by atoms with Gasteiger partial charge in [-0.25, -0.2) is 0 Å². The van der Waals surface area contributed by atoms with Gasteiger partial charge in [0.25, 0.3) is 0 Å². The van der Waals surface area contributed by atoms with Crippen LogP contribution in [-0.2, 0) is 16.0 Å². The molecule has 1 aromatic rings. The molecule has 4 heteroatoms. The molecule has 1 N–H and O–H groups in total. The molecule has 0 bridgehead atoms. The van der Waals surface area contributed by atoms with Crippen molar-refractivity contribution in [1.82, 2.24) is 10.2 Å². The smallest absolute Gasteiger partial charge is 0.221 e. The van der Waals surface area contributed by atoms with Gasteiger partial charge in [-0.2, -0.15) is 0 Å². The molecule has 23 heavy (non-hydrogen) atoms. The molecule has 1 fully saturated rings. The third-order valence-corrected chi connectivity index (χ3v) is 4.56. The first-order valence-corrected chi connectivity index (χ1v) is 8.74. The number of nitrogens with one attached hydrogen (secondary N) is 1. The number of hydrogen-bond donors (Lipinski definition) is 1.